The molecule has 0 spiro atoms. The second kappa shape index (κ2) is 3.45. The van der Waals surface area contributed by atoms with Crippen molar-refractivity contribution in [1.29, 1.82) is 0 Å². The van der Waals surface area contributed by atoms with E-state index in [9.17, 15) is 9.90 Å². The highest BCUT2D eigenvalue weighted by atomic mass is 16.5. The number of hydrogen-bond donors (Lipinski definition) is 2. The van der Waals surface area contributed by atoms with Crippen molar-refractivity contribution in [2.24, 2.45) is 11.8 Å². The summed E-state index contributed by atoms with van der Waals surface area (Å²) in [6, 6.07) is 0.247. The fraction of sp³-hybridized carbons (Fsp3) is 0.923. The number of rotatable bonds is 2. The lowest BCUT2D eigenvalue weighted by Gasteiger charge is -2.62. The van der Waals surface area contributed by atoms with Crippen LogP contribution in [0.5, 0.6) is 0 Å². The molecule has 4 heteroatoms. The van der Waals surface area contributed by atoms with E-state index in [2.05, 4.69) is 5.32 Å². The van der Waals surface area contributed by atoms with Crippen molar-refractivity contribution in [2.45, 2.75) is 56.3 Å². The summed E-state index contributed by atoms with van der Waals surface area (Å²) in [7, 11) is 1.75. The van der Waals surface area contributed by atoms with Crippen molar-refractivity contribution in [3.05, 3.63) is 0 Å². The van der Waals surface area contributed by atoms with Gasteiger partial charge in [-0.25, -0.2) is 0 Å². The third kappa shape index (κ3) is 1.69. The number of amides is 1. The first-order chi connectivity index (χ1) is 7.95. The second-order valence-corrected chi connectivity index (χ2v) is 6.35. The van der Waals surface area contributed by atoms with Crippen LogP contribution >= 0.6 is 0 Å². The van der Waals surface area contributed by atoms with E-state index in [4.69, 9.17) is 4.74 Å². The average Bonchev–Trinajstić information content (AvgIpc) is 2.21. The molecule has 4 fully saturated rings. The number of hydrogen-bond acceptors (Lipinski definition) is 3. The standard InChI is InChI=1S/C13H21NO3/c1-8(15)14-11-9-3-12(16)4-10(11)6-13(5-9,7-12)17-2/h9-11,16H,3-7H2,1-2H3,(H,14,15). The minimum Gasteiger partial charge on any atom is -0.390 e. The Balaban J connectivity index is 1.87. The molecule has 2 N–H and O–H groups in total. The molecule has 4 saturated carbocycles. The quantitative estimate of drug-likeness (QED) is 0.750. The summed E-state index contributed by atoms with van der Waals surface area (Å²) in [5, 5.41) is 13.6. The Hall–Kier alpha value is -0.610. The first-order valence-corrected chi connectivity index (χ1v) is 6.50. The van der Waals surface area contributed by atoms with Gasteiger partial charge in [0.1, 0.15) is 0 Å². The van der Waals surface area contributed by atoms with Gasteiger partial charge in [-0.3, -0.25) is 4.79 Å². The van der Waals surface area contributed by atoms with E-state index in [-0.39, 0.29) is 17.6 Å². The van der Waals surface area contributed by atoms with Crippen molar-refractivity contribution in [3.8, 4) is 0 Å². The largest absolute Gasteiger partial charge is 0.390 e. The zero-order valence-electron chi connectivity index (χ0n) is 10.5. The van der Waals surface area contributed by atoms with Crippen molar-refractivity contribution in [2.75, 3.05) is 7.11 Å². The van der Waals surface area contributed by atoms with E-state index in [1.807, 2.05) is 0 Å². The molecule has 4 bridgehead atoms. The Bertz CT molecular complexity index is 339. The summed E-state index contributed by atoms with van der Waals surface area (Å²) in [6.45, 7) is 1.58. The predicted octanol–water partition coefficient (Wildman–Crippen LogP) is 0.831. The highest BCUT2D eigenvalue weighted by Crippen LogP contribution is 2.58. The normalized spacial score (nSPS) is 51.6. The first kappa shape index (κ1) is 11.5. The van der Waals surface area contributed by atoms with Crippen LogP contribution in [0.4, 0.5) is 0 Å². The van der Waals surface area contributed by atoms with E-state index >= 15 is 0 Å². The molecule has 2 unspecified atom stereocenters. The Labute approximate surface area is 102 Å². The summed E-state index contributed by atoms with van der Waals surface area (Å²) in [5.74, 6) is 0.802. The Morgan fingerprint density at radius 2 is 1.88 bits per heavy atom. The lowest BCUT2D eigenvalue weighted by Crippen LogP contribution is -2.67. The van der Waals surface area contributed by atoms with Gasteiger partial charge in [0, 0.05) is 26.5 Å². The van der Waals surface area contributed by atoms with Gasteiger partial charge < -0.3 is 15.2 Å². The molecule has 0 heterocycles. The molecule has 0 saturated heterocycles. The molecule has 0 aromatic carbocycles. The number of nitrogens with one attached hydrogen (secondary N) is 1. The lowest BCUT2D eigenvalue weighted by molar-refractivity contribution is -0.219. The van der Waals surface area contributed by atoms with Crippen molar-refractivity contribution < 1.29 is 14.6 Å². The van der Waals surface area contributed by atoms with E-state index in [1.54, 1.807) is 14.0 Å². The molecular weight excluding hydrogens is 218 g/mol. The highest BCUT2D eigenvalue weighted by Gasteiger charge is 2.61. The predicted molar refractivity (Wildman–Crippen MR) is 62.4 cm³/mol. The Kier molecular flexibility index (Phi) is 2.33. The molecule has 4 rings (SSSR count). The summed E-state index contributed by atoms with van der Waals surface area (Å²) >= 11 is 0. The molecule has 0 radical (unpaired) electrons. The molecule has 2 atom stereocenters. The number of carbonyl (C=O) groups is 1. The van der Waals surface area contributed by atoms with E-state index < -0.39 is 5.60 Å². The SMILES string of the molecule is COC12CC3CC(O)(CC(C1)C3NC(C)=O)C2. The number of carbonyl (C=O) groups excluding carboxylic acids is 1. The molecule has 96 valence electrons. The van der Waals surface area contributed by atoms with Crippen LogP contribution in [0.25, 0.3) is 0 Å². The number of ether oxygens (including phenoxy) is 1. The zero-order chi connectivity index (χ0) is 12.3. The van der Waals surface area contributed by atoms with Gasteiger partial charge in [0.2, 0.25) is 5.91 Å². The summed E-state index contributed by atoms with van der Waals surface area (Å²) in [5.41, 5.74) is -0.674. The minimum absolute atomic E-state index is 0.0425. The summed E-state index contributed by atoms with van der Waals surface area (Å²) in [4.78, 5) is 11.3. The van der Waals surface area contributed by atoms with Gasteiger partial charge >= 0.3 is 0 Å². The van der Waals surface area contributed by atoms with Crippen LogP contribution in [0.15, 0.2) is 0 Å². The van der Waals surface area contributed by atoms with Crippen LogP contribution in [0.2, 0.25) is 0 Å². The van der Waals surface area contributed by atoms with Gasteiger partial charge in [0.25, 0.3) is 0 Å². The van der Waals surface area contributed by atoms with Crippen LogP contribution in [-0.2, 0) is 9.53 Å². The van der Waals surface area contributed by atoms with E-state index in [1.165, 1.54) is 0 Å². The van der Waals surface area contributed by atoms with Gasteiger partial charge in [-0.2, -0.15) is 0 Å². The number of methoxy groups -OCH3 is 1. The smallest absolute Gasteiger partial charge is 0.217 e. The zero-order valence-corrected chi connectivity index (χ0v) is 10.5. The molecule has 0 aliphatic heterocycles. The fourth-order valence-corrected chi connectivity index (χ4v) is 4.73. The first-order valence-electron chi connectivity index (χ1n) is 6.50. The van der Waals surface area contributed by atoms with Crippen molar-refractivity contribution in [1.82, 2.24) is 5.32 Å². The van der Waals surface area contributed by atoms with E-state index in [0.29, 0.717) is 11.8 Å². The Morgan fingerprint density at radius 3 is 2.35 bits per heavy atom. The monoisotopic (exact) mass is 239 g/mol. The molecule has 4 nitrogen and oxygen atoms in total. The van der Waals surface area contributed by atoms with Gasteiger partial charge in [0.15, 0.2) is 0 Å². The molecule has 1 amide bonds. The van der Waals surface area contributed by atoms with Gasteiger partial charge in [-0.1, -0.05) is 0 Å². The Morgan fingerprint density at radius 1 is 1.29 bits per heavy atom. The maximum Gasteiger partial charge on any atom is 0.217 e. The van der Waals surface area contributed by atoms with Crippen molar-refractivity contribution >= 4 is 5.91 Å². The third-order valence-corrected chi connectivity index (χ3v) is 5.02. The molecule has 4 aliphatic carbocycles. The summed E-state index contributed by atoms with van der Waals surface area (Å²) < 4.78 is 5.70. The molecule has 0 aromatic heterocycles. The van der Waals surface area contributed by atoms with Crippen molar-refractivity contribution in [3.63, 3.8) is 0 Å². The molecule has 4 aliphatic rings. The van der Waals surface area contributed by atoms with Gasteiger partial charge in [-0.15, -0.1) is 0 Å². The minimum atomic E-state index is -0.545. The topological polar surface area (TPSA) is 58.6 Å². The fourth-order valence-electron chi connectivity index (χ4n) is 4.73. The van der Waals surface area contributed by atoms with E-state index in [0.717, 1.165) is 32.1 Å². The lowest BCUT2D eigenvalue weighted by atomic mass is 9.50. The van der Waals surface area contributed by atoms with Crippen LogP contribution in [0, 0.1) is 11.8 Å². The maximum absolute atomic E-state index is 11.3. The molecule has 0 aromatic rings. The van der Waals surface area contributed by atoms with Crippen LogP contribution in [0.3, 0.4) is 0 Å². The van der Waals surface area contributed by atoms with Crippen LogP contribution in [0.1, 0.15) is 39.0 Å². The third-order valence-electron chi connectivity index (χ3n) is 5.02. The van der Waals surface area contributed by atoms with Crippen LogP contribution in [-0.4, -0.2) is 35.4 Å². The average molecular weight is 239 g/mol. The summed E-state index contributed by atoms with van der Waals surface area (Å²) in [6.07, 6.45) is 4.37. The number of aliphatic hydroxyl groups is 1. The molecular formula is C13H21NO3. The second-order valence-electron chi connectivity index (χ2n) is 6.35. The molecule has 17 heavy (non-hydrogen) atoms. The van der Waals surface area contributed by atoms with Gasteiger partial charge in [0.05, 0.1) is 11.2 Å². The highest BCUT2D eigenvalue weighted by molar-refractivity contribution is 5.73. The maximum atomic E-state index is 11.3. The van der Waals surface area contributed by atoms with Gasteiger partial charge in [-0.05, 0) is 37.5 Å². The van der Waals surface area contributed by atoms with Crippen LogP contribution < -0.4 is 5.32 Å².